The zero-order chi connectivity index (χ0) is 18.5. The zero-order valence-corrected chi connectivity index (χ0v) is 14.9. The van der Waals surface area contributed by atoms with Crippen LogP contribution in [0.3, 0.4) is 0 Å². The van der Waals surface area contributed by atoms with Gasteiger partial charge in [-0.25, -0.2) is 18.9 Å². The van der Waals surface area contributed by atoms with Gasteiger partial charge in [0.05, 0.1) is 18.4 Å². The van der Waals surface area contributed by atoms with Gasteiger partial charge in [-0.2, -0.15) is 0 Å². The van der Waals surface area contributed by atoms with E-state index in [2.05, 4.69) is 15.3 Å². The summed E-state index contributed by atoms with van der Waals surface area (Å²) in [6.45, 7) is 5.71. The molecule has 0 aliphatic heterocycles. The molecule has 4 rings (SSSR count). The first-order valence-electron chi connectivity index (χ1n) is 8.59. The predicted molar refractivity (Wildman–Crippen MR) is 91.4 cm³/mol. The molecule has 7 nitrogen and oxygen atoms in total. The van der Waals surface area contributed by atoms with Crippen LogP contribution < -0.4 is 0 Å². The summed E-state index contributed by atoms with van der Waals surface area (Å²) in [6, 6.07) is 1.46. The molecule has 1 saturated carbocycles. The maximum absolute atomic E-state index is 14.1. The number of aromatic nitrogens is 5. The highest BCUT2D eigenvalue weighted by atomic mass is 19.1. The third kappa shape index (κ3) is 3.44. The number of rotatable bonds is 4. The summed E-state index contributed by atoms with van der Waals surface area (Å²) < 4.78 is 22.8. The lowest BCUT2D eigenvalue weighted by Gasteiger charge is -2.18. The number of fused-ring (bicyclic) bond motifs is 1. The topological polar surface area (TPSA) is 74.3 Å². The third-order valence-electron chi connectivity index (χ3n) is 4.11. The van der Waals surface area contributed by atoms with Crippen molar-refractivity contribution in [3.8, 4) is 0 Å². The molecule has 0 N–H and O–H groups in total. The number of imidazole rings is 1. The van der Waals surface area contributed by atoms with Crippen LogP contribution in [0.15, 0.2) is 24.7 Å². The Bertz CT molecular complexity index is 981. The minimum atomic E-state index is -0.591. The summed E-state index contributed by atoms with van der Waals surface area (Å²) in [4.78, 5) is 16.4. The lowest BCUT2D eigenvalue weighted by molar-refractivity contribution is 0.00627. The van der Waals surface area contributed by atoms with Crippen LogP contribution in [0.5, 0.6) is 0 Å². The Morgan fingerprint density at radius 2 is 2.08 bits per heavy atom. The Kier molecular flexibility index (Phi) is 3.78. The molecule has 3 aromatic rings. The smallest absolute Gasteiger partial charge is 0.361 e. The number of esters is 1. The van der Waals surface area contributed by atoms with Gasteiger partial charge >= 0.3 is 5.97 Å². The maximum Gasteiger partial charge on any atom is 0.361 e. The van der Waals surface area contributed by atoms with Crippen molar-refractivity contribution in [2.75, 3.05) is 0 Å². The van der Waals surface area contributed by atoms with Crippen LogP contribution in [-0.4, -0.2) is 35.9 Å². The van der Waals surface area contributed by atoms with Crippen LogP contribution in [-0.2, 0) is 11.3 Å². The molecular weight excluding hydrogens is 337 g/mol. The molecule has 0 radical (unpaired) electrons. The summed E-state index contributed by atoms with van der Waals surface area (Å²) in [5.74, 6) is -0.392. The molecule has 1 aliphatic rings. The van der Waals surface area contributed by atoms with Crippen LogP contribution >= 0.6 is 0 Å². The number of carbonyl (C=O) groups is 1. The molecule has 0 unspecified atom stereocenters. The second kappa shape index (κ2) is 5.89. The molecule has 3 heterocycles. The van der Waals surface area contributed by atoms with Crippen molar-refractivity contribution in [1.82, 2.24) is 24.4 Å². The van der Waals surface area contributed by atoms with Gasteiger partial charge in [-0.3, -0.25) is 0 Å². The van der Waals surface area contributed by atoms with E-state index in [-0.39, 0.29) is 11.5 Å². The fraction of sp³-hybridized carbons (Fsp3) is 0.444. The number of halogens is 1. The predicted octanol–water partition coefficient (Wildman–Crippen LogP) is 2.95. The Morgan fingerprint density at radius 3 is 2.77 bits per heavy atom. The average Bonchev–Trinajstić information content (AvgIpc) is 3.14. The van der Waals surface area contributed by atoms with Crippen molar-refractivity contribution in [2.45, 2.75) is 51.7 Å². The van der Waals surface area contributed by atoms with Crippen LogP contribution in [0.4, 0.5) is 4.39 Å². The van der Waals surface area contributed by atoms with E-state index in [9.17, 15) is 9.18 Å². The van der Waals surface area contributed by atoms with E-state index >= 15 is 0 Å². The minimum absolute atomic E-state index is 0.144. The molecule has 0 bridgehead atoms. The molecule has 1 aliphatic carbocycles. The number of pyridine rings is 1. The Balaban J connectivity index is 1.53. The van der Waals surface area contributed by atoms with Gasteiger partial charge in [0.15, 0.2) is 5.69 Å². The zero-order valence-electron chi connectivity index (χ0n) is 14.9. The Morgan fingerprint density at radius 1 is 1.31 bits per heavy atom. The quantitative estimate of drug-likeness (QED) is 0.671. The van der Waals surface area contributed by atoms with Crippen molar-refractivity contribution >= 4 is 11.6 Å². The summed E-state index contributed by atoms with van der Waals surface area (Å²) in [7, 11) is 0. The number of ether oxygens (including phenoxy) is 1. The van der Waals surface area contributed by atoms with Crippen molar-refractivity contribution < 1.29 is 13.9 Å². The summed E-state index contributed by atoms with van der Waals surface area (Å²) in [6.07, 6.45) is 7.25. The van der Waals surface area contributed by atoms with Crippen molar-refractivity contribution in [2.24, 2.45) is 0 Å². The van der Waals surface area contributed by atoms with Gasteiger partial charge in [0, 0.05) is 24.0 Å². The van der Waals surface area contributed by atoms with Gasteiger partial charge in [-0.1, -0.05) is 5.21 Å². The second-order valence-electron chi connectivity index (χ2n) is 7.65. The monoisotopic (exact) mass is 357 g/mol. The third-order valence-corrected chi connectivity index (χ3v) is 4.11. The molecular formula is C18H20FN5O2. The number of hydrogen-bond acceptors (Lipinski definition) is 5. The van der Waals surface area contributed by atoms with E-state index in [1.165, 1.54) is 16.9 Å². The molecule has 0 atom stereocenters. The van der Waals surface area contributed by atoms with E-state index in [1.807, 2.05) is 16.8 Å². The van der Waals surface area contributed by atoms with Gasteiger partial charge < -0.3 is 9.14 Å². The first kappa shape index (κ1) is 16.7. The van der Waals surface area contributed by atoms with Crippen molar-refractivity contribution in [1.29, 1.82) is 0 Å². The van der Waals surface area contributed by atoms with Crippen LogP contribution in [0.25, 0.3) is 5.65 Å². The first-order chi connectivity index (χ1) is 12.3. The molecule has 136 valence electrons. The molecule has 1 fully saturated rings. The highest BCUT2D eigenvalue weighted by Gasteiger charge is 2.27. The Labute approximate surface area is 149 Å². The standard InChI is InChI=1S/C18H20FN5O2/c1-18(2,3)26-17(25)15-10-24(22-21-15)8-12-7-23-9-13(11-4-5-11)14(19)6-16(23)20-12/h6-7,9-11H,4-5,8H2,1-3H3. The second-order valence-corrected chi connectivity index (χ2v) is 7.65. The van der Waals surface area contributed by atoms with Crippen LogP contribution in [0, 0.1) is 5.82 Å². The summed E-state index contributed by atoms with van der Waals surface area (Å²) in [5.41, 5.74) is 1.55. The fourth-order valence-electron chi connectivity index (χ4n) is 2.82. The highest BCUT2D eigenvalue weighted by Crippen LogP contribution is 2.41. The molecule has 0 aromatic carbocycles. The minimum Gasteiger partial charge on any atom is -0.455 e. The Hall–Kier alpha value is -2.77. The molecule has 8 heteroatoms. The van der Waals surface area contributed by atoms with Crippen LogP contribution in [0.2, 0.25) is 0 Å². The molecule has 0 spiro atoms. The maximum atomic E-state index is 14.1. The molecule has 26 heavy (non-hydrogen) atoms. The van der Waals surface area contributed by atoms with E-state index in [0.717, 1.165) is 18.4 Å². The highest BCUT2D eigenvalue weighted by molar-refractivity contribution is 5.87. The SMILES string of the molecule is CC(C)(C)OC(=O)c1cn(Cc2cn3cc(C4CC4)c(F)cc3n2)nn1. The van der Waals surface area contributed by atoms with Crippen molar-refractivity contribution in [3.63, 3.8) is 0 Å². The lowest BCUT2D eigenvalue weighted by atomic mass is 10.2. The van der Waals surface area contributed by atoms with Gasteiger partial charge in [0.1, 0.15) is 17.1 Å². The van der Waals surface area contributed by atoms with Gasteiger partial charge in [0.25, 0.3) is 0 Å². The van der Waals surface area contributed by atoms with E-state index in [4.69, 9.17) is 4.74 Å². The normalized spacial score (nSPS) is 14.8. The van der Waals surface area contributed by atoms with Gasteiger partial charge in [-0.15, -0.1) is 5.10 Å². The lowest BCUT2D eigenvalue weighted by Crippen LogP contribution is -2.24. The van der Waals surface area contributed by atoms with Crippen LogP contribution in [0.1, 0.15) is 61.3 Å². The fourth-order valence-corrected chi connectivity index (χ4v) is 2.82. The number of hydrogen-bond donors (Lipinski definition) is 0. The van der Waals surface area contributed by atoms with Gasteiger partial charge in [-0.05, 0) is 39.5 Å². The van der Waals surface area contributed by atoms with Gasteiger partial charge in [0.2, 0.25) is 0 Å². The summed E-state index contributed by atoms with van der Waals surface area (Å²) in [5, 5.41) is 7.80. The first-order valence-corrected chi connectivity index (χ1v) is 8.59. The number of carbonyl (C=O) groups excluding carboxylic acids is 1. The molecule has 0 amide bonds. The number of nitrogens with zero attached hydrogens (tertiary/aromatic N) is 5. The van der Waals surface area contributed by atoms with E-state index in [0.29, 0.717) is 23.8 Å². The van der Waals surface area contributed by atoms with Crippen molar-refractivity contribution in [3.05, 3.63) is 47.4 Å². The molecule has 0 saturated heterocycles. The largest absolute Gasteiger partial charge is 0.455 e. The molecule has 3 aromatic heterocycles. The van der Waals surface area contributed by atoms with E-state index < -0.39 is 11.6 Å². The average molecular weight is 357 g/mol. The summed E-state index contributed by atoms with van der Waals surface area (Å²) >= 11 is 0. The van der Waals surface area contributed by atoms with E-state index in [1.54, 1.807) is 20.8 Å².